The highest BCUT2D eigenvalue weighted by Gasteiger charge is 2.28. The van der Waals surface area contributed by atoms with Crippen molar-refractivity contribution in [2.24, 2.45) is 0 Å². The number of nitrogens with one attached hydrogen (secondary N) is 1. The van der Waals surface area contributed by atoms with Gasteiger partial charge in [-0.2, -0.15) is 0 Å². The maximum atomic E-state index is 13.2. The zero-order valence-electron chi connectivity index (χ0n) is 18.0. The molecule has 2 amide bonds. The van der Waals surface area contributed by atoms with Gasteiger partial charge in [-0.15, -0.1) is 0 Å². The Balaban J connectivity index is 1.72. The van der Waals surface area contributed by atoms with Crippen molar-refractivity contribution in [3.63, 3.8) is 0 Å². The largest absolute Gasteiger partial charge is 0.482 e. The van der Waals surface area contributed by atoms with Crippen molar-refractivity contribution in [1.29, 1.82) is 0 Å². The maximum Gasteiger partial charge on any atom is 0.261 e. The Bertz CT molecular complexity index is 951. The van der Waals surface area contributed by atoms with Gasteiger partial charge in [-0.05, 0) is 55.7 Å². The Morgan fingerprint density at radius 1 is 1.16 bits per heavy atom. The molecule has 0 aliphatic heterocycles. The summed E-state index contributed by atoms with van der Waals surface area (Å²) in [6.45, 7) is 1.76. The summed E-state index contributed by atoms with van der Waals surface area (Å²) in [5.41, 5.74) is 0.838. The number of amides is 2. The Labute approximate surface area is 207 Å². The van der Waals surface area contributed by atoms with Crippen LogP contribution in [0.2, 0.25) is 10.0 Å². The fraction of sp³-hybridized carbons (Fsp3) is 0.417. The highest BCUT2D eigenvalue weighted by molar-refractivity contribution is 9.10. The first-order chi connectivity index (χ1) is 15.3. The lowest BCUT2D eigenvalue weighted by molar-refractivity contribution is -0.142. The first-order valence-corrected chi connectivity index (χ1v) is 12.3. The zero-order chi connectivity index (χ0) is 23.1. The van der Waals surface area contributed by atoms with Gasteiger partial charge in [0.1, 0.15) is 11.8 Å². The lowest BCUT2D eigenvalue weighted by Crippen LogP contribution is -2.51. The van der Waals surface area contributed by atoms with E-state index in [4.69, 9.17) is 27.9 Å². The quantitative estimate of drug-likeness (QED) is 0.445. The minimum absolute atomic E-state index is 0.158. The number of halogens is 3. The number of carbonyl (C=O) groups is 2. The van der Waals surface area contributed by atoms with E-state index in [0.717, 1.165) is 35.7 Å². The van der Waals surface area contributed by atoms with Crippen molar-refractivity contribution in [1.82, 2.24) is 10.2 Å². The molecular weight excluding hydrogens is 515 g/mol. The molecule has 1 atom stereocenters. The van der Waals surface area contributed by atoms with Crippen LogP contribution in [0, 0.1) is 0 Å². The predicted molar refractivity (Wildman–Crippen MR) is 131 cm³/mol. The van der Waals surface area contributed by atoms with Crippen LogP contribution >= 0.6 is 39.1 Å². The van der Waals surface area contributed by atoms with Crippen LogP contribution in [0.25, 0.3) is 0 Å². The van der Waals surface area contributed by atoms with Gasteiger partial charge in [0, 0.05) is 22.1 Å². The van der Waals surface area contributed by atoms with E-state index in [-0.39, 0.29) is 31.0 Å². The Morgan fingerprint density at radius 2 is 1.91 bits per heavy atom. The van der Waals surface area contributed by atoms with Crippen LogP contribution in [-0.4, -0.2) is 35.4 Å². The number of hydrogen-bond acceptors (Lipinski definition) is 3. The third-order valence-electron chi connectivity index (χ3n) is 5.61. The zero-order valence-corrected chi connectivity index (χ0v) is 21.0. The van der Waals surface area contributed by atoms with E-state index in [0.29, 0.717) is 15.8 Å². The molecule has 5 nitrogen and oxygen atoms in total. The van der Waals surface area contributed by atoms with Gasteiger partial charge >= 0.3 is 0 Å². The first kappa shape index (κ1) is 24.9. The predicted octanol–water partition coefficient (Wildman–Crippen LogP) is 6.00. The molecule has 3 rings (SSSR count). The summed E-state index contributed by atoms with van der Waals surface area (Å²) in [4.78, 5) is 27.7. The molecule has 0 saturated heterocycles. The molecule has 0 radical (unpaired) electrons. The van der Waals surface area contributed by atoms with Crippen molar-refractivity contribution in [2.45, 2.75) is 57.7 Å². The molecule has 8 heteroatoms. The van der Waals surface area contributed by atoms with Gasteiger partial charge in [-0.1, -0.05) is 70.5 Å². The normalized spacial score (nSPS) is 15.1. The third-order valence-corrected chi connectivity index (χ3v) is 6.63. The van der Waals surface area contributed by atoms with Crippen LogP contribution in [0.4, 0.5) is 0 Å². The van der Waals surface area contributed by atoms with Crippen molar-refractivity contribution in [3.05, 3.63) is 62.5 Å². The van der Waals surface area contributed by atoms with Gasteiger partial charge in [0.25, 0.3) is 5.91 Å². The second kappa shape index (κ2) is 11.9. The number of rotatable bonds is 8. The van der Waals surface area contributed by atoms with Gasteiger partial charge in [0.05, 0.1) is 5.02 Å². The molecule has 1 unspecified atom stereocenters. The lowest BCUT2D eigenvalue weighted by atomic mass is 9.95. The molecule has 1 saturated carbocycles. The first-order valence-electron chi connectivity index (χ1n) is 10.8. The fourth-order valence-corrected chi connectivity index (χ4v) is 4.74. The maximum absolute atomic E-state index is 13.2. The summed E-state index contributed by atoms with van der Waals surface area (Å²) in [5, 5.41) is 4.09. The van der Waals surface area contributed by atoms with Crippen LogP contribution < -0.4 is 10.1 Å². The number of hydrogen-bond donors (Lipinski definition) is 1. The van der Waals surface area contributed by atoms with Gasteiger partial charge in [-0.25, -0.2) is 0 Å². The standard InChI is InChI=1S/C24H27BrCl2N2O3/c1-16(24(31)28-20-8-3-2-4-9-20)29(14-17-6-5-7-19(26)12-17)23(30)15-32-22-11-10-18(25)13-21(22)27/h5-7,10-13,16,20H,2-4,8-9,14-15H2,1H3,(H,28,31). The molecular formula is C24H27BrCl2N2O3. The van der Waals surface area contributed by atoms with E-state index < -0.39 is 6.04 Å². The van der Waals surface area contributed by atoms with Crippen LogP contribution in [0.3, 0.4) is 0 Å². The van der Waals surface area contributed by atoms with Crippen LogP contribution in [0.15, 0.2) is 46.9 Å². The molecule has 172 valence electrons. The van der Waals surface area contributed by atoms with Crippen LogP contribution in [-0.2, 0) is 16.1 Å². The molecule has 0 heterocycles. The number of carbonyl (C=O) groups excluding carboxylic acids is 2. The molecule has 1 aliphatic rings. The van der Waals surface area contributed by atoms with E-state index >= 15 is 0 Å². The SMILES string of the molecule is CC(C(=O)NC1CCCCC1)N(Cc1cccc(Cl)c1)C(=O)COc1ccc(Br)cc1Cl. The Hall–Kier alpha value is -1.76. The topological polar surface area (TPSA) is 58.6 Å². The highest BCUT2D eigenvalue weighted by Crippen LogP contribution is 2.28. The van der Waals surface area contributed by atoms with Crippen molar-refractivity contribution < 1.29 is 14.3 Å². The average Bonchev–Trinajstić information content (AvgIpc) is 2.77. The molecule has 2 aromatic rings. The number of benzene rings is 2. The van der Waals surface area contributed by atoms with Crippen molar-refractivity contribution in [3.8, 4) is 5.75 Å². The van der Waals surface area contributed by atoms with Crippen LogP contribution in [0.1, 0.15) is 44.6 Å². The summed E-state index contributed by atoms with van der Waals surface area (Å²) in [6.07, 6.45) is 5.40. The van der Waals surface area contributed by atoms with E-state index in [2.05, 4.69) is 21.2 Å². The molecule has 1 aliphatic carbocycles. The Kier molecular flexibility index (Phi) is 9.26. The summed E-state index contributed by atoms with van der Waals surface area (Å²) < 4.78 is 6.49. The molecule has 2 aromatic carbocycles. The van der Waals surface area contributed by atoms with Crippen molar-refractivity contribution in [2.75, 3.05) is 6.61 Å². The van der Waals surface area contributed by atoms with Gasteiger partial charge in [0.2, 0.25) is 5.91 Å². The second-order valence-electron chi connectivity index (χ2n) is 8.03. The van der Waals surface area contributed by atoms with Crippen molar-refractivity contribution >= 4 is 50.9 Å². The molecule has 0 aromatic heterocycles. The van der Waals surface area contributed by atoms with E-state index in [1.165, 1.54) is 11.3 Å². The lowest BCUT2D eigenvalue weighted by Gasteiger charge is -2.31. The number of ether oxygens (including phenoxy) is 1. The molecule has 32 heavy (non-hydrogen) atoms. The van der Waals surface area contributed by atoms with E-state index in [1.807, 2.05) is 12.1 Å². The van der Waals surface area contributed by atoms with E-state index in [1.54, 1.807) is 37.3 Å². The summed E-state index contributed by atoms with van der Waals surface area (Å²) >= 11 is 15.7. The van der Waals surface area contributed by atoms with Gasteiger partial charge in [-0.3, -0.25) is 9.59 Å². The summed E-state index contributed by atoms with van der Waals surface area (Å²) in [7, 11) is 0. The average molecular weight is 542 g/mol. The van der Waals surface area contributed by atoms with Gasteiger partial charge in [0.15, 0.2) is 6.61 Å². The molecule has 1 N–H and O–H groups in total. The molecule has 0 spiro atoms. The number of nitrogens with zero attached hydrogens (tertiary/aromatic N) is 1. The van der Waals surface area contributed by atoms with Gasteiger partial charge < -0.3 is 15.0 Å². The molecule has 1 fully saturated rings. The summed E-state index contributed by atoms with van der Waals surface area (Å²) in [5.74, 6) is -0.0607. The third kappa shape index (κ3) is 7.12. The monoisotopic (exact) mass is 540 g/mol. The molecule has 0 bridgehead atoms. The van der Waals surface area contributed by atoms with E-state index in [9.17, 15) is 9.59 Å². The minimum atomic E-state index is -0.660. The minimum Gasteiger partial charge on any atom is -0.482 e. The second-order valence-corrected chi connectivity index (χ2v) is 9.79. The Morgan fingerprint density at radius 3 is 2.59 bits per heavy atom. The fourth-order valence-electron chi connectivity index (χ4n) is 3.80. The van der Waals surface area contributed by atoms with Crippen LogP contribution in [0.5, 0.6) is 5.75 Å². The smallest absolute Gasteiger partial charge is 0.261 e. The summed E-state index contributed by atoms with van der Waals surface area (Å²) in [6, 6.07) is 12.0. The highest BCUT2D eigenvalue weighted by atomic mass is 79.9.